The molecule has 3 nitrogen and oxygen atoms in total. The molecular weight excluding hydrogens is 262 g/mol. The van der Waals surface area contributed by atoms with Gasteiger partial charge in [0.2, 0.25) is 0 Å². The molecule has 0 aromatic carbocycles. The van der Waals surface area contributed by atoms with Crippen LogP contribution in [0.2, 0.25) is 0 Å². The van der Waals surface area contributed by atoms with E-state index in [0.717, 1.165) is 12.8 Å². The maximum Gasteiger partial charge on any atom is 0.366 e. The Morgan fingerprint density at radius 1 is 1.33 bits per heavy atom. The Balaban J connectivity index is 4.32. The Morgan fingerprint density at radius 2 is 1.87 bits per heavy atom. The number of esters is 2. The van der Waals surface area contributed by atoms with Gasteiger partial charge in [-0.05, 0) is 13.3 Å². The Kier molecular flexibility index (Phi) is 6.25. The van der Waals surface area contributed by atoms with Crippen LogP contribution in [0.3, 0.4) is 0 Å². The molecule has 0 rings (SSSR count). The molecule has 0 amide bonds. The summed E-state index contributed by atoms with van der Waals surface area (Å²) in [6.07, 6.45) is 3.28. The van der Waals surface area contributed by atoms with Gasteiger partial charge >= 0.3 is 11.9 Å². The predicted octanol–water partition coefficient (Wildman–Crippen LogP) is 3.17. The molecule has 0 saturated carbocycles. The zero-order valence-corrected chi connectivity index (χ0v) is 10.6. The first-order chi connectivity index (χ1) is 6.79. The zero-order valence-electron chi connectivity index (χ0n) is 8.35. The van der Waals surface area contributed by atoms with Gasteiger partial charge in [-0.15, -0.1) is 0 Å². The van der Waals surface area contributed by atoms with Crippen LogP contribution in [-0.4, -0.2) is 15.7 Å². The van der Waals surface area contributed by atoms with Crippen LogP contribution in [0.4, 0.5) is 0 Å². The van der Waals surface area contributed by atoms with Crippen LogP contribution in [-0.2, 0) is 14.3 Å². The summed E-state index contributed by atoms with van der Waals surface area (Å²) in [5.41, 5.74) is 0.319. The van der Waals surface area contributed by atoms with E-state index in [1.165, 1.54) is 6.92 Å². The second kappa shape index (κ2) is 6.36. The van der Waals surface area contributed by atoms with Crippen molar-refractivity contribution >= 4 is 46.7 Å². The summed E-state index contributed by atoms with van der Waals surface area (Å²) in [5, 5.41) is 0. The van der Waals surface area contributed by atoms with Crippen molar-refractivity contribution in [2.75, 3.05) is 0 Å². The van der Waals surface area contributed by atoms with Gasteiger partial charge in [0.1, 0.15) is 0 Å². The van der Waals surface area contributed by atoms with Gasteiger partial charge in [-0.3, -0.25) is 0 Å². The maximum atomic E-state index is 11.2. The first-order valence-electron chi connectivity index (χ1n) is 4.29. The number of rotatable bonds is 3. The van der Waals surface area contributed by atoms with E-state index in [9.17, 15) is 9.59 Å². The molecule has 0 bridgehead atoms. The van der Waals surface area contributed by atoms with Gasteiger partial charge in [0.15, 0.2) is 0 Å². The summed E-state index contributed by atoms with van der Waals surface area (Å²) in [5.74, 6) is -1.98. The minimum absolute atomic E-state index is 0.319. The van der Waals surface area contributed by atoms with Crippen LogP contribution in [0.25, 0.3) is 0 Å². The Labute approximate surface area is 103 Å². The summed E-state index contributed by atoms with van der Waals surface area (Å²) in [6, 6.07) is 0. The molecule has 0 spiro atoms. The van der Waals surface area contributed by atoms with Crippen molar-refractivity contribution < 1.29 is 14.3 Å². The number of halogens is 3. The molecule has 0 unspecified atom stereocenters. The Bertz CT molecular complexity index is 279. The molecule has 0 saturated heterocycles. The summed E-state index contributed by atoms with van der Waals surface area (Å²) in [6.45, 7) is 3.49. The summed E-state index contributed by atoms with van der Waals surface area (Å²) >= 11 is 15.7. The van der Waals surface area contributed by atoms with Crippen molar-refractivity contribution in [1.29, 1.82) is 0 Å². The number of hydrogen-bond donors (Lipinski definition) is 0. The third-order valence-electron chi connectivity index (χ3n) is 1.48. The van der Waals surface area contributed by atoms with E-state index in [0.29, 0.717) is 5.57 Å². The Morgan fingerprint density at radius 3 is 2.27 bits per heavy atom. The van der Waals surface area contributed by atoms with Crippen LogP contribution >= 0.6 is 34.8 Å². The minimum Gasteiger partial charge on any atom is -0.386 e. The third kappa shape index (κ3) is 6.03. The number of carbonyl (C=O) groups excluding carboxylic acids is 2. The topological polar surface area (TPSA) is 43.4 Å². The van der Waals surface area contributed by atoms with Crippen LogP contribution in [0.5, 0.6) is 0 Å². The average Bonchev–Trinajstić information content (AvgIpc) is 2.12. The number of allylic oxidation sites excluding steroid dienone is 1. The highest BCUT2D eigenvalue weighted by atomic mass is 35.6. The molecule has 0 aliphatic carbocycles. The molecule has 0 fully saturated rings. The standard InChI is InChI=1S/C9H11Cl3O3/c1-3-4-5-6(2)7(13)15-8(14)9(10,11)12/h5H,3-4H2,1-2H3. The smallest absolute Gasteiger partial charge is 0.366 e. The second-order valence-electron chi connectivity index (χ2n) is 2.85. The molecule has 0 heterocycles. The highest BCUT2D eigenvalue weighted by Crippen LogP contribution is 2.27. The molecule has 15 heavy (non-hydrogen) atoms. The minimum atomic E-state index is -2.22. The lowest BCUT2D eigenvalue weighted by atomic mass is 10.2. The van der Waals surface area contributed by atoms with Crippen molar-refractivity contribution in [3.8, 4) is 0 Å². The number of hydrogen-bond acceptors (Lipinski definition) is 3. The van der Waals surface area contributed by atoms with Crippen molar-refractivity contribution in [1.82, 2.24) is 0 Å². The van der Waals surface area contributed by atoms with Crippen molar-refractivity contribution in [3.63, 3.8) is 0 Å². The largest absolute Gasteiger partial charge is 0.386 e. The number of unbranched alkanes of at least 4 members (excludes halogenated alkanes) is 1. The SMILES string of the molecule is CCCC=C(C)C(=O)OC(=O)C(Cl)(Cl)Cl. The fourth-order valence-corrected chi connectivity index (χ4v) is 0.782. The van der Waals surface area contributed by atoms with Crippen molar-refractivity contribution in [2.24, 2.45) is 0 Å². The lowest BCUT2D eigenvalue weighted by molar-refractivity contribution is -0.156. The summed E-state index contributed by atoms with van der Waals surface area (Å²) in [4.78, 5) is 22.2. The molecule has 6 heteroatoms. The van der Waals surface area contributed by atoms with Gasteiger partial charge in [-0.25, -0.2) is 9.59 Å². The van der Waals surface area contributed by atoms with E-state index >= 15 is 0 Å². The van der Waals surface area contributed by atoms with E-state index in [1.807, 2.05) is 6.92 Å². The van der Waals surface area contributed by atoms with Crippen LogP contribution in [0.1, 0.15) is 26.7 Å². The van der Waals surface area contributed by atoms with E-state index in [4.69, 9.17) is 34.8 Å². The number of carbonyl (C=O) groups is 2. The maximum absolute atomic E-state index is 11.2. The second-order valence-corrected chi connectivity index (χ2v) is 5.13. The van der Waals surface area contributed by atoms with Gasteiger partial charge in [0.25, 0.3) is 3.79 Å². The zero-order chi connectivity index (χ0) is 12.1. The fourth-order valence-electron chi connectivity index (χ4n) is 0.667. The Hall–Kier alpha value is -0.250. The predicted molar refractivity (Wildman–Crippen MR) is 60.1 cm³/mol. The number of alkyl halides is 3. The average molecular weight is 274 g/mol. The van der Waals surface area contributed by atoms with Crippen molar-refractivity contribution in [3.05, 3.63) is 11.6 Å². The molecule has 0 N–H and O–H groups in total. The molecular formula is C9H11Cl3O3. The highest BCUT2D eigenvalue weighted by Gasteiger charge is 2.34. The monoisotopic (exact) mass is 272 g/mol. The van der Waals surface area contributed by atoms with E-state index in [1.54, 1.807) is 6.08 Å². The normalized spacial score (nSPS) is 12.5. The van der Waals surface area contributed by atoms with Gasteiger partial charge < -0.3 is 4.74 Å². The molecule has 0 aliphatic rings. The van der Waals surface area contributed by atoms with Gasteiger partial charge in [0.05, 0.1) is 0 Å². The lowest BCUT2D eigenvalue weighted by Gasteiger charge is -2.08. The van der Waals surface area contributed by atoms with Gasteiger partial charge in [0, 0.05) is 5.57 Å². The number of ether oxygens (including phenoxy) is 1. The van der Waals surface area contributed by atoms with Crippen LogP contribution < -0.4 is 0 Å². The molecule has 86 valence electrons. The molecule has 0 aromatic heterocycles. The van der Waals surface area contributed by atoms with E-state index in [2.05, 4.69) is 4.74 Å². The van der Waals surface area contributed by atoms with Crippen molar-refractivity contribution in [2.45, 2.75) is 30.5 Å². The molecule has 0 aliphatic heterocycles. The van der Waals surface area contributed by atoms with Crippen LogP contribution in [0, 0.1) is 0 Å². The molecule has 0 atom stereocenters. The first-order valence-corrected chi connectivity index (χ1v) is 5.42. The van der Waals surface area contributed by atoms with E-state index in [-0.39, 0.29) is 0 Å². The lowest BCUT2D eigenvalue weighted by Crippen LogP contribution is -2.25. The summed E-state index contributed by atoms with van der Waals surface area (Å²) < 4.78 is 2.11. The fraction of sp³-hybridized carbons (Fsp3) is 0.556. The van der Waals surface area contributed by atoms with Gasteiger partial charge in [-0.2, -0.15) is 0 Å². The third-order valence-corrected chi connectivity index (χ3v) is 1.94. The van der Waals surface area contributed by atoms with Crippen LogP contribution in [0.15, 0.2) is 11.6 Å². The summed E-state index contributed by atoms with van der Waals surface area (Å²) in [7, 11) is 0. The molecule has 0 aromatic rings. The quantitative estimate of drug-likeness (QED) is 0.343. The highest BCUT2D eigenvalue weighted by molar-refractivity contribution is 6.75. The first kappa shape index (κ1) is 14.8. The van der Waals surface area contributed by atoms with E-state index < -0.39 is 15.7 Å². The molecule has 0 radical (unpaired) electrons. The van der Waals surface area contributed by atoms with Gasteiger partial charge in [-0.1, -0.05) is 54.2 Å².